The Morgan fingerprint density at radius 2 is 1.85 bits per heavy atom. The lowest BCUT2D eigenvalue weighted by Crippen LogP contribution is -2.47. The molecule has 1 aromatic carbocycles. The van der Waals surface area contributed by atoms with Crippen LogP contribution in [0.25, 0.3) is 0 Å². The molecule has 27 heavy (non-hydrogen) atoms. The zero-order valence-corrected chi connectivity index (χ0v) is 17.4. The second-order valence-corrected chi connectivity index (χ2v) is 8.33. The summed E-state index contributed by atoms with van der Waals surface area (Å²) in [5, 5.41) is 4.20. The number of piperazine rings is 1. The topological polar surface area (TPSA) is 44.8 Å². The summed E-state index contributed by atoms with van der Waals surface area (Å²) in [5.41, 5.74) is 1.04. The van der Waals surface area contributed by atoms with E-state index < -0.39 is 0 Å². The molecule has 1 aromatic rings. The number of amides is 1. The van der Waals surface area contributed by atoms with Crippen molar-refractivity contribution < 1.29 is 9.53 Å². The van der Waals surface area contributed by atoms with Crippen molar-refractivity contribution in [3.8, 4) is 0 Å². The van der Waals surface area contributed by atoms with Gasteiger partial charge in [-0.05, 0) is 56.7 Å². The summed E-state index contributed by atoms with van der Waals surface area (Å²) in [6.45, 7) is 5.23. The van der Waals surface area contributed by atoms with Gasteiger partial charge in [0.1, 0.15) is 0 Å². The maximum atomic E-state index is 11.3. The van der Waals surface area contributed by atoms with Gasteiger partial charge in [-0.3, -0.25) is 4.90 Å². The van der Waals surface area contributed by atoms with Gasteiger partial charge in [-0.2, -0.15) is 0 Å². The lowest BCUT2D eigenvalue weighted by atomic mass is 9.84. The lowest BCUT2D eigenvalue weighted by molar-refractivity contribution is 0.158. The molecule has 0 radical (unpaired) electrons. The number of alkyl carbamates (subject to hydrolysis) is 1. The molecular weight excluding hydrogens is 385 g/mol. The van der Waals surface area contributed by atoms with E-state index in [1.165, 1.54) is 26.4 Å². The second kappa shape index (κ2) is 9.85. The van der Waals surface area contributed by atoms with Crippen molar-refractivity contribution in [2.75, 3.05) is 44.7 Å². The summed E-state index contributed by atoms with van der Waals surface area (Å²) in [7, 11) is 1.42. The summed E-state index contributed by atoms with van der Waals surface area (Å²) in [4.78, 5) is 16.2. The maximum absolute atomic E-state index is 11.3. The van der Waals surface area contributed by atoms with Gasteiger partial charge in [-0.1, -0.05) is 29.3 Å². The molecule has 1 aliphatic carbocycles. The smallest absolute Gasteiger partial charge is 0.407 e. The molecule has 1 heterocycles. The molecule has 0 spiro atoms. The highest BCUT2D eigenvalue weighted by molar-refractivity contribution is 6.43. The summed E-state index contributed by atoms with van der Waals surface area (Å²) in [6.07, 6.45) is 5.42. The third-order valence-electron chi connectivity index (χ3n) is 5.85. The number of rotatable bonds is 5. The van der Waals surface area contributed by atoms with E-state index in [0.717, 1.165) is 57.2 Å². The van der Waals surface area contributed by atoms with Crippen LogP contribution in [0.4, 0.5) is 10.5 Å². The number of anilines is 1. The minimum Gasteiger partial charge on any atom is -0.453 e. The molecule has 7 heteroatoms. The van der Waals surface area contributed by atoms with Gasteiger partial charge in [-0.15, -0.1) is 0 Å². The first-order chi connectivity index (χ1) is 13.1. The van der Waals surface area contributed by atoms with E-state index in [0.29, 0.717) is 10.0 Å². The number of benzene rings is 1. The second-order valence-electron chi connectivity index (χ2n) is 7.54. The van der Waals surface area contributed by atoms with Crippen LogP contribution >= 0.6 is 23.2 Å². The van der Waals surface area contributed by atoms with E-state index in [1.807, 2.05) is 18.2 Å². The van der Waals surface area contributed by atoms with Crippen LogP contribution in [0.1, 0.15) is 32.1 Å². The molecule has 1 N–H and O–H groups in total. The highest BCUT2D eigenvalue weighted by Crippen LogP contribution is 2.33. The molecule has 0 atom stereocenters. The predicted molar refractivity (Wildman–Crippen MR) is 111 cm³/mol. The minimum absolute atomic E-state index is 0.277. The van der Waals surface area contributed by atoms with Crippen molar-refractivity contribution in [3.05, 3.63) is 28.2 Å². The number of carbonyl (C=O) groups excluding carboxylic acids is 1. The average molecular weight is 414 g/mol. The van der Waals surface area contributed by atoms with Gasteiger partial charge in [0.15, 0.2) is 0 Å². The molecule has 150 valence electrons. The third kappa shape index (κ3) is 5.66. The van der Waals surface area contributed by atoms with Crippen LogP contribution in [0.2, 0.25) is 10.0 Å². The summed E-state index contributed by atoms with van der Waals surface area (Å²) < 4.78 is 4.68. The molecule has 1 saturated carbocycles. The van der Waals surface area contributed by atoms with Crippen molar-refractivity contribution in [3.63, 3.8) is 0 Å². The molecule has 3 rings (SSSR count). The molecular formula is C20H29Cl2N3O2. The molecule has 2 fully saturated rings. The number of halogens is 2. The fourth-order valence-corrected chi connectivity index (χ4v) is 4.55. The van der Waals surface area contributed by atoms with Gasteiger partial charge < -0.3 is 15.0 Å². The fourth-order valence-electron chi connectivity index (χ4n) is 4.14. The quantitative estimate of drug-likeness (QED) is 0.775. The van der Waals surface area contributed by atoms with Crippen LogP contribution in [-0.4, -0.2) is 56.9 Å². The minimum atomic E-state index is -0.309. The van der Waals surface area contributed by atoms with Crippen molar-refractivity contribution in [2.24, 2.45) is 5.92 Å². The Kier molecular flexibility index (Phi) is 7.50. The van der Waals surface area contributed by atoms with Crippen LogP contribution in [0.3, 0.4) is 0 Å². The fraction of sp³-hybridized carbons (Fsp3) is 0.650. The van der Waals surface area contributed by atoms with Crippen LogP contribution in [0.15, 0.2) is 18.2 Å². The Bertz CT molecular complexity index is 628. The molecule has 5 nitrogen and oxygen atoms in total. The van der Waals surface area contributed by atoms with Gasteiger partial charge in [0, 0.05) is 32.2 Å². The van der Waals surface area contributed by atoms with E-state index in [1.54, 1.807) is 0 Å². The average Bonchev–Trinajstić information content (AvgIpc) is 2.70. The first-order valence-corrected chi connectivity index (χ1v) is 10.6. The number of carbonyl (C=O) groups is 1. The molecule has 2 aliphatic rings. The van der Waals surface area contributed by atoms with Crippen molar-refractivity contribution in [1.29, 1.82) is 0 Å². The van der Waals surface area contributed by atoms with Gasteiger partial charge in [0.2, 0.25) is 0 Å². The van der Waals surface area contributed by atoms with Gasteiger partial charge in [0.25, 0.3) is 0 Å². The molecule has 0 bridgehead atoms. The number of nitrogens with zero attached hydrogens (tertiary/aromatic N) is 2. The van der Waals surface area contributed by atoms with E-state index in [4.69, 9.17) is 23.2 Å². The maximum Gasteiger partial charge on any atom is 0.407 e. The first-order valence-electron chi connectivity index (χ1n) is 9.82. The molecule has 1 aliphatic heterocycles. The molecule has 1 amide bonds. The van der Waals surface area contributed by atoms with Crippen molar-refractivity contribution in [1.82, 2.24) is 10.2 Å². The summed E-state index contributed by atoms with van der Waals surface area (Å²) in [6, 6.07) is 6.12. The number of nitrogens with one attached hydrogen (secondary N) is 1. The highest BCUT2D eigenvalue weighted by Gasteiger charge is 2.24. The SMILES string of the molecule is COC(=O)N[C@H]1CC[C@H](CCN2CCN(c3cccc(Cl)c3Cl)CC2)CC1. The Hall–Kier alpha value is -1.17. The predicted octanol–water partition coefficient (Wildman–Crippen LogP) is 4.42. The Balaban J connectivity index is 1.37. The van der Waals surface area contributed by atoms with E-state index in [2.05, 4.69) is 19.9 Å². The number of hydrogen-bond acceptors (Lipinski definition) is 4. The highest BCUT2D eigenvalue weighted by atomic mass is 35.5. The van der Waals surface area contributed by atoms with E-state index in [-0.39, 0.29) is 12.1 Å². The van der Waals surface area contributed by atoms with Crippen LogP contribution in [0, 0.1) is 5.92 Å². The standard InChI is InChI=1S/C20H29Cl2N3O2/c1-27-20(26)23-16-7-5-15(6-8-16)9-10-24-11-13-25(14-12-24)18-4-2-3-17(21)19(18)22/h2-4,15-16H,5-14H2,1H3,(H,23,26)/t15-,16-. The summed E-state index contributed by atoms with van der Waals surface area (Å²) in [5.74, 6) is 0.765. The van der Waals surface area contributed by atoms with Gasteiger partial charge in [0.05, 0.1) is 22.8 Å². The number of hydrogen-bond donors (Lipinski definition) is 1. The van der Waals surface area contributed by atoms with Crippen molar-refractivity contribution >= 4 is 35.0 Å². The van der Waals surface area contributed by atoms with E-state index >= 15 is 0 Å². The zero-order chi connectivity index (χ0) is 19.2. The van der Waals surface area contributed by atoms with E-state index in [9.17, 15) is 4.79 Å². The molecule has 1 saturated heterocycles. The van der Waals surface area contributed by atoms with Crippen LogP contribution < -0.4 is 10.2 Å². The Morgan fingerprint density at radius 3 is 2.52 bits per heavy atom. The van der Waals surface area contributed by atoms with Crippen LogP contribution in [-0.2, 0) is 4.74 Å². The number of methoxy groups -OCH3 is 1. The van der Waals surface area contributed by atoms with Crippen molar-refractivity contribution in [2.45, 2.75) is 38.1 Å². The Labute approximate surface area is 171 Å². The third-order valence-corrected chi connectivity index (χ3v) is 6.66. The largest absolute Gasteiger partial charge is 0.453 e. The van der Waals surface area contributed by atoms with Gasteiger partial charge >= 0.3 is 6.09 Å². The van der Waals surface area contributed by atoms with Gasteiger partial charge in [-0.25, -0.2) is 4.79 Å². The number of ether oxygens (including phenoxy) is 1. The monoisotopic (exact) mass is 413 g/mol. The van der Waals surface area contributed by atoms with Crippen LogP contribution in [0.5, 0.6) is 0 Å². The molecule has 0 unspecified atom stereocenters. The summed E-state index contributed by atoms with van der Waals surface area (Å²) >= 11 is 12.5. The first kappa shape index (κ1) is 20.6. The zero-order valence-electron chi connectivity index (χ0n) is 15.9. The normalized spacial score (nSPS) is 23.9. The lowest BCUT2D eigenvalue weighted by Gasteiger charge is -2.37. The molecule has 0 aromatic heterocycles. The Morgan fingerprint density at radius 1 is 1.15 bits per heavy atom.